The van der Waals surface area contributed by atoms with Gasteiger partial charge in [-0.15, -0.1) is 0 Å². The number of hydrogen-bond donors (Lipinski definition) is 2. The van der Waals surface area contributed by atoms with Gasteiger partial charge in [-0.1, -0.05) is 18.2 Å². The van der Waals surface area contributed by atoms with Crippen molar-refractivity contribution >= 4 is 21.6 Å². The SMILES string of the molecule is C[C@]1(CCc2c(F)cncc2NC(=O)C[C@@H](c2ccc(F)cc2)c2cc(F)cc(F)c2)CNCCN1S(=O)(=O)c1ccccn1. The van der Waals surface area contributed by atoms with Gasteiger partial charge in [0.25, 0.3) is 10.0 Å². The third-order valence-electron chi connectivity index (χ3n) is 7.93. The first-order valence-corrected chi connectivity index (χ1v) is 15.7. The molecule has 1 amide bonds. The number of amides is 1. The summed E-state index contributed by atoms with van der Waals surface area (Å²) >= 11 is 0. The first-order chi connectivity index (χ1) is 21.5. The lowest BCUT2D eigenvalue weighted by Crippen LogP contribution is -2.61. The Kier molecular flexibility index (Phi) is 9.61. The molecule has 0 aliphatic carbocycles. The van der Waals surface area contributed by atoms with E-state index in [0.29, 0.717) is 24.7 Å². The van der Waals surface area contributed by atoms with Gasteiger partial charge in [-0.25, -0.2) is 31.0 Å². The number of nitrogens with zero attached hydrogens (tertiary/aromatic N) is 3. The van der Waals surface area contributed by atoms with Crippen molar-refractivity contribution < 1.29 is 30.8 Å². The molecule has 1 saturated heterocycles. The molecule has 0 spiro atoms. The fourth-order valence-electron chi connectivity index (χ4n) is 5.64. The van der Waals surface area contributed by atoms with Gasteiger partial charge in [-0.2, -0.15) is 4.31 Å². The van der Waals surface area contributed by atoms with Crippen LogP contribution >= 0.6 is 0 Å². The van der Waals surface area contributed by atoms with Gasteiger partial charge in [0.15, 0.2) is 5.03 Å². The van der Waals surface area contributed by atoms with E-state index in [2.05, 4.69) is 20.6 Å². The highest BCUT2D eigenvalue weighted by Gasteiger charge is 2.43. The van der Waals surface area contributed by atoms with E-state index in [1.807, 2.05) is 0 Å². The Bertz CT molecular complexity index is 1760. The van der Waals surface area contributed by atoms with Crippen molar-refractivity contribution in [2.45, 2.75) is 42.7 Å². The van der Waals surface area contributed by atoms with Crippen LogP contribution in [-0.2, 0) is 21.2 Å². The Labute approximate surface area is 258 Å². The summed E-state index contributed by atoms with van der Waals surface area (Å²) in [6, 6.07) is 12.8. The number of carbonyl (C=O) groups excluding carboxylic acids is 1. The molecule has 2 atom stereocenters. The smallest absolute Gasteiger partial charge is 0.261 e. The van der Waals surface area contributed by atoms with E-state index in [1.54, 1.807) is 19.1 Å². The molecule has 0 unspecified atom stereocenters. The average Bonchev–Trinajstić information content (AvgIpc) is 3.00. The molecule has 4 aromatic rings. The predicted octanol–water partition coefficient (Wildman–Crippen LogP) is 5.18. The second-order valence-corrected chi connectivity index (χ2v) is 12.9. The molecule has 0 saturated carbocycles. The third kappa shape index (κ3) is 7.38. The zero-order chi connectivity index (χ0) is 32.2. The zero-order valence-electron chi connectivity index (χ0n) is 24.3. The van der Waals surface area contributed by atoms with Crippen LogP contribution in [0.15, 0.2) is 84.3 Å². The molecule has 2 N–H and O–H groups in total. The number of piperazine rings is 1. The average molecular weight is 642 g/mol. The normalized spacial score (nSPS) is 18.0. The van der Waals surface area contributed by atoms with Gasteiger partial charge in [-0.05, 0) is 67.3 Å². The van der Waals surface area contributed by atoms with Gasteiger partial charge < -0.3 is 10.6 Å². The lowest BCUT2D eigenvalue weighted by Gasteiger charge is -2.44. The Balaban J connectivity index is 1.38. The van der Waals surface area contributed by atoms with Gasteiger partial charge in [0.1, 0.15) is 23.3 Å². The van der Waals surface area contributed by atoms with Crippen LogP contribution < -0.4 is 10.6 Å². The second-order valence-electron chi connectivity index (χ2n) is 11.1. The van der Waals surface area contributed by atoms with E-state index in [-0.39, 0.29) is 47.6 Å². The summed E-state index contributed by atoms with van der Waals surface area (Å²) < 4.78 is 85.5. The van der Waals surface area contributed by atoms with Crippen molar-refractivity contribution in [2.24, 2.45) is 0 Å². The highest BCUT2D eigenvalue weighted by atomic mass is 32.2. The molecule has 1 aliphatic rings. The molecule has 1 fully saturated rings. The minimum absolute atomic E-state index is 0.0485. The number of aromatic nitrogens is 2. The fourth-order valence-corrected chi connectivity index (χ4v) is 7.37. The Morgan fingerprint density at radius 2 is 1.73 bits per heavy atom. The van der Waals surface area contributed by atoms with Crippen LogP contribution in [0, 0.1) is 23.3 Å². The van der Waals surface area contributed by atoms with Crippen molar-refractivity contribution in [3.05, 3.63) is 119 Å². The number of nitrogens with one attached hydrogen (secondary N) is 2. The van der Waals surface area contributed by atoms with Crippen molar-refractivity contribution in [3.63, 3.8) is 0 Å². The molecular weight excluding hydrogens is 610 g/mol. The summed E-state index contributed by atoms with van der Waals surface area (Å²) in [7, 11) is -3.96. The standard InChI is InChI=1S/C32H31F4N5O3S/c1-32(20-37-12-13-41(32)45(43,44)31-4-2-3-11-39-31)10-9-26-28(36)18-38-19-29(26)40-30(42)17-27(21-5-7-23(33)8-6-21)22-14-24(34)16-25(35)15-22/h2-8,11,14-16,18-19,27,37H,9-10,12-13,17,20H2,1H3,(H,40,42)/t27-,32-/m0/s1. The van der Waals surface area contributed by atoms with Crippen LogP contribution in [0.2, 0.25) is 0 Å². The largest absolute Gasteiger partial charge is 0.324 e. The molecule has 2 aromatic heterocycles. The number of carbonyl (C=O) groups is 1. The number of hydrogen-bond acceptors (Lipinski definition) is 6. The minimum atomic E-state index is -3.96. The summed E-state index contributed by atoms with van der Waals surface area (Å²) in [4.78, 5) is 21.3. The second kappa shape index (κ2) is 13.4. The van der Waals surface area contributed by atoms with Crippen LogP contribution in [0.4, 0.5) is 23.2 Å². The monoisotopic (exact) mass is 641 g/mol. The maximum atomic E-state index is 15.2. The molecule has 3 heterocycles. The molecule has 45 heavy (non-hydrogen) atoms. The Hall–Kier alpha value is -4.20. The van der Waals surface area contributed by atoms with E-state index in [0.717, 1.165) is 18.3 Å². The maximum Gasteiger partial charge on any atom is 0.261 e. The molecule has 8 nitrogen and oxygen atoms in total. The van der Waals surface area contributed by atoms with Crippen molar-refractivity contribution in [3.8, 4) is 0 Å². The number of pyridine rings is 2. The number of benzene rings is 2. The van der Waals surface area contributed by atoms with Crippen LogP contribution in [0.5, 0.6) is 0 Å². The molecule has 5 rings (SSSR count). The quantitative estimate of drug-likeness (QED) is 0.232. The first kappa shape index (κ1) is 32.2. The molecule has 236 valence electrons. The molecule has 2 aromatic carbocycles. The van der Waals surface area contributed by atoms with Gasteiger partial charge in [0, 0.05) is 55.3 Å². The van der Waals surface area contributed by atoms with Crippen LogP contribution in [0.25, 0.3) is 0 Å². The van der Waals surface area contributed by atoms with E-state index >= 15 is 4.39 Å². The maximum absolute atomic E-state index is 15.2. The Morgan fingerprint density at radius 3 is 2.42 bits per heavy atom. The lowest BCUT2D eigenvalue weighted by molar-refractivity contribution is -0.116. The molecular formula is C32H31F4N5O3S. The van der Waals surface area contributed by atoms with Crippen LogP contribution in [0.3, 0.4) is 0 Å². The summed E-state index contributed by atoms with van der Waals surface area (Å²) in [6.07, 6.45) is 3.63. The summed E-state index contributed by atoms with van der Waals surface area (Å²) in [5.74, 6) is -4.33. The van der Waals surface area contributed by atoms with Crippen molar-refractivity contribution in [2.75, 3.05) is 25.0 Å². The topological polar surface area (TPSA) is 104 Å². The van der Waals surface area contributed by atoms with E-state index < -0.39 is 50.7 Å². The highest BCUT2D eigenvalue weighted by molar-refractivity contribution is 7.89. The van der Waals surface area contributed by atoms with E-state index in [4.69, 9.17) is 0 Å². The van der Waals surface area contributed by atoms with Crippen molar-refractivity contribution in [1.29, 1.82) is 0 Å². The number of anilines is 1. The molecule has 0 radical (unpaired) electrons. The lowest BCUT2D eigenvalue weighted by atomic mass is 9.88. The van der Waals surface area contributed by atoms with Gasteiger partial charge in [0.2, 0.25) is 5.91 Å². The zero-order valence-corrected chi connectivity index (χ0v) is 25.1. The Morgan fingerprint density at radius 1 is 1.00 bits per heavy atom. The van der Waals surface area contributed by atoms with E-state index in [1.165, 1.54) is 47.0 Å². The van der Waals surface area contributed by atoms with E-state index in [9.17, 15) is 26.4 Å². The van der Waals surface area contributed by atoms with Crippen LogP contribution in [-0.4, -0.2) is 53.8 Å². The highest BCUT2D eigenvalue weighted by Crippen LogP contribution is 2.33. The summed E-state index contributed by atoms with van der Waals surface area (Å²) in [6.45, 7) is 2.68. The van der Waals surface area contributed by atoms with Gasteiger partial charge in [0.05, 0.1) is 18.1 Å². The summed E-state index contributed by atoms with van der Waals surface area (Å²) in [5.41, 5.74) is -0.147. The predicted molar refractivity (Wildman–Crippen MR) is 160 cm³/mol. The third-order valence-corrected chi connectivity index (χ3v) is 9.91. The molecule has 0 bridgehead atoms. The number of halogens is 4. The minimum Gasteiger partial charge on any atom is -0.324 e. The van der Waals surface area contributed by atoms with Crippen LogP contribution in [0.1, 0.15) is 42.4 Å². The van der Waals surface area contributed by atoms with Gasteiger partial charge in [-0.3, -0.25) is 9.78 Å². The first-order valence-electron chi connectivity index (χ1n) is 14.2. The number of sulfonamides is 1. The van der Waals surface area contributed by atoms with Gasteiger partial charge >= 0.3 is 0 Å². The molecule has 13 heteroatoms. The fraction of sp³-hybridized carbons (Fsp3) is 0.281. The summed E-state index contributed by atoms with van der Waals surface area (Å²) in [5, 5.41) is 5.79. The molecule has 1 aliphatic heterocycles. The van der Waals surface area contributed by atoms with Crippen molar-refractivity contribution in [1.82, 2.24) is 19.6 Å². The number of rotatable bonds is 10.